The van der Waals surface area contributed by atoms with Crippen molar-refractivity contribution in [3.8, 4) is 0 Å². The van der Waals surface area contributed by atoms with Crippen LogP contribution in [0.4, 0.5) is 5.82 Å². The fraction of sp³-hybridized carbons (Fsp3) is 0.579. The summed E-state index contributed by atoms with van der Waals surface area (Å²) in [4.78, 5) is 7.74. The summed E-state index contributed by atoms with van der Waals surface area (Å²) in [5, 5.41) is 8.60. The molecule has 0 amide bonds. The smallest absolute Gasteiger partial charge is 0.151 e. The van der Waals surface area contributed by atoms with Crippen molar-refractivity contribution in [2.24, 2.45) is 0 Å². The fourth-order valence-electron chi connectivity index (χ4n) is 3.95. The zero-order chi connectivity index (χ0) is 17.3. The van der Waals surface area contributed by atoms with Gasteiger partial charge in [0.2, 0.25) is 0 Å². The van der Waals surface area contributed by atoms with Gasteiger partial charge in [0.25, 0.3) is 0 Å². The maximum Gasteiger partial charge on any atom is 0.151 e. The topological polar surface area (TPSA) is 41.5 Å². The third-order valence-electron chi connectivity index (χ3n) is 5.15. The predicted molar refractivity (Wildman–Crippen MR) is 101 cm³/mol. The molecule has 0 N–H and O–H groups in total. The van der Waals surface area contributed by atoms with Crippen molar-refractivity contribution in [2.75, 3.05) is 37.7 Å². The first-order valence-corrected chi connectivity index (χ1v) is 9.91. The van der Waals surface area contributed by atoms with Crippen LogP contribution in [0.5, 0.6) is 0 Å². The highest BCUT2D eigenvalue weighted by atomic mass is 32.1. The lowest BCUT2D eigenvalue weighted by Crippen LogP contribution is -2.59. The molecular formula is C19H26N4OS. The molecule has 0 bridgehead atoms. The molecule has 6 heteroatoms. The predicted octanol–water partition coefficient (Wildman–Crippen LogP) is 3.03. The van der Waals surface area contributed by atoms with Gasteiger partial charge in [0.05, 0.1) is 17.9 Å². The Hall–Kier alpha value is -1.50. The monoisotopic (exact) mass is 358 g/mol. The van der Waals surface area contributed by atoms with Gasteiger partial charge in [-0.1, -0.05) is 0 Å². The molecule has 0 aliphatic carbocycles. The van der Waals surface area contributed by atoms with Gasteiger partial charge >= 0.3 is 0 Å². The second-order valence-electron chi connectivity index (χ2n) is 7.31. The molecule has 134 valence electrons. The number of hydrogen-bond acceptors (Lipinski definition) is 6. The standard InChI is InChI=1S/C19H26N4OS/c1-15-4-7-18(21-20-15)23-9-3-8-19(14-23)13-22(10-11-24-19)12-17-6-5-16(2)25-17/h4-7H,3,8-14H2,1-2H3/t19-/m1/s1. The molecular weight excluding hydrogens is 332 g/mol. The van der Waals surface area contributed by atoms with Crippen molar-refractivity contribution in [1.29, 1.82) is 0 Å². The highest BCUT2D eigenvalue weighted by Gasteiger charge is 2.41. The lowest BCUT2D eigenvalue weighted by molar-refractivity contribution is -0.116. The van der Waals surface area contributed by atoms with Gasteiger partial charge < -0.3 is 9.64 Å². The van der Waals surface area contributed by atoms with Gasteiger partial charge in [0.15, 0.2) is 5.82 Å². The Balaban J connectivity index is 1.45. The average Bonchev–Trinajstić information content (AvgIpc) is 3.00. The quantitative estimate of drug-likeness (QED) is 0.844. The minimum Gasteiger partial charge on any atom is -0.370 e. The molecule has 0 saturated carbocycles. The van der Waals surface area contributed by atoms with Gasteiger partial charge in [-0.25, -0.2) is 0 Å². The van der Waals surface area contributed by atoms with E-state index < -0.39 is 0 Å². The summed E-state index contributed by atoms with van der Waals surface area (Å²) in [6.45, 7) is 9.96. The van der Waals surface area contributed by atoms with E-state index in [4.69, 9.17) is 4.74 Å². The number of aryl methyl sites for hydroxylation is 2. The Bertz CT molecular complexity index is 712. The number of nitrogens with zero attached hydrogens (tertiary/aromatic N) is 4. The highest BCUT2D eigenvalue weighted by molar-refractivity contribution is 7.11. The molecule has 4 rings (SSSR count). The molecule has 2 aliphatic rings. The number of piperidine rings is 1. The minimum absolute atomic E-state index is 0.0740. The Morgan fingerprint density at radius 2 is 2.04 bits per heavy atom. The Kier molecular flexibility index (Phi) is 4.75. The van der Waals surface area contributed by atoms with Crippen LogP contribution in [0.25, 0.3) is 0 Å². The first-order chi connectivity index (χ1) is 12.1. The number of hydrogen-bond donors (Lipinski definition) is 0. The third kappa shape index (κ3) is 3.86. The summed E-state index contributed by atoms with van der Waals surface area (Å²) in [6, 6.07) is 8.60. The number of aromatic nitrogens is 2. The van der Waals surface area contributed by atoms with Gasteiger partial charge in [0.1, 0.15) is 0 Å². The first-order valence-electron chi connectivity index (χ1n) is 9.09. The minimum atomic E-state index is -0.0740. The summed E-state index contributed by atoms with van der Waals surface area (Å²) < 4.78 is 6.33. The fourth-order valence-corrected chi connectivity index (χ4v) is 4.88. The first kappa shape index (κ1) is 16.9. The van der Waals surface area contributed by atoms with E-state index in [9.17, 15) is 0 Å². The largest absolute Gasteiger partial charge is 0.370 e. The van der Waals surface area contributed by atoms with E-state index >= 15 is 0 Å². The van der Waals surface area contributed by atoms with Crippen molar-refractivity contribution in [2.45, 2.75) is 38.8 Å². The van der Waals surface area contributed by atoms with Gasteiger partial charge in [-0.2, -0.15) is 5.10 Å². The molecule has 2 saturated heterocycles. The molecule has 2 aromatic rings. The molecule has 2 aliphatic heterocycles. The number of morpholine rings is 1. The molecule has 2 aromatic heterocycles. The van der Waals surface area contributed by atoms with E-state index in [1.165, 1.54) is 9.75 Å². The Morgan fingerprint density at radius 1 is 1.12 bits per heavy atom. The maximum absolute atomic E-state index is 6.33. The highest BCUT2D eigenvalue weighted by Crippen LogP contribution is 2.32. The van der Waals surface area contributed by atoms with Crippen molar-refractivity contribution in [3.05, 3.63) is 39.7 Å². The number of ether oxygens (including phenoxy) is 1. The van der Waals surface area contributed by atoms with Crippen LogP contribution in [-0.4, -0.2) is 53.5 Å². The van der Waals surface area contributed by atoms with Crippen LogP contribution < -0.4 is 4.90 Å². The molecule has 1 atom stereocenters. The van der Waals surface area contributed by atoms with E-state index in [1.54, 1.807) is 0 Å². The second-order valence-corrected chi connectivity index (χ2v) is 8.68. The lowest BCUT2D eigenvalue weighted by Gasteiger charge is -2.48. The summed E-state index contributed by atoms with van der Waals surface area (Å²) >= 11 is 1.90. The number of thiophene rings is 1. The van der Waals surface area contributed by atoms with E-state index in [-0.39, 0.29) is 5.60 Å². The molecule has 5 nitrogen and oxygen atoms in total. The summed E-state index contributed by atoms with van der Waals surface area (Å²) in [7, 11) is 0. The average molecular weight is 359 g/mol. The summed E-state index contributed by atoms with van der Waals surface area (Å²) in [5.74, 6) is 0.972. The van der Waals surface area contributed by atoms with Crippen molar-refractivity contribution < 1.29 is 4.74 Å². The Morgan fingerprint density at radius 3 is 2.80 bits per heavy atom. The van der Waals surface area contributed by atoms with Crippen LogP contribution in [0.2, 0.25) is 0 Å². The third-order valence-corrected chi connectivity index (χ3v) is 6.14. The lowest BCUT2D eigenvalue weighted by atomic mass is 9.90. The normalized spacial score (nSPS) is 24.8. The molecule has 4 heterocycles. The SMILES string of the molecule is Cc1ccc(N2CCC[C@@]3(CN(Cc4ccc(C)s4)CCO3)C2)nn1. The van der Waals surface area contributed by atoms with Gasteiger partial charge in [-0.3, -0.25) is 4.90 Å². The van der Waals surface area contributed by atoms with Crippen LogP contribution in [-0.2, 0) is 11.3 Å². The summed E-state index contributed by atoms with van der Waals surface area (Å²) in [5.41, 5.74) is 0.886. The van der Waals surface area contributed by atoms with Gasteiger partial charge in [-0.15, -0.1) is 16.4 Å². The van der Waals surface area contributed by atoms with Crippen molar-refractivity contribution in [1.82, 2.24) is 15.1 Å². The molecule has 1 spiro atoms. The van der Waals surface area contributed by atoms with Crippen molar-refractivity contribution >= 4 is 17.2 Å². The number of rotatable bonds is 3. The second kappa shape index (κ2) is 7.02. The van der Waals surface area contributed by atoms with Gasteiger partial charge in [-0.05, 0) is 51.0 Å². The van der Waals surface area contributed by atoms with E-state index in [0.29, 0.717) is 0 Å². The maximum atomic E-state index is 6.33. The van der Waals surface area contributed by atoms with Crippen molar-refractivity contribution in [3.63, 3.8) is 0 Å². The zero-order valence-electron chi connectivity index (χ0n) is 15.1. The molecule has 0 unspecified atom stereocenters. The van der Waals surface area contributed by atoms with E-state index in [1.807, 2.05) is 24.3 Å². The number of anilines is 1. The molecule has 0 radical (unpaired) electrons. The molecule has 0 aromatic carbocycles. The van der Waals surface area contributed by atoms with Crippen LogP contribution in [0.15, 0.2) is 24.3 Å². The van der Waals surface area contributed by atoms with Crippen LogP contribution >= 0.6 is 11.3 Å². The zero-order valence-corrected chi connectivity index (χ0v) is 15.9. The Labute approximate surface area is 153 Å². The van der Waals surface area contributed by atoms with Gasteiger partial charge in [0, 0.05) is 42.5 Å². The molecule has 2 fully saturated rings. The van der Waals surface area contributed by atoms with Crippen LogP contribution in [0.1, 0.15) is 28.3 Å². The van der Waals surface area contributed by atoms with E-state index in [0.717, 1.165) is 63.7 Å². The van der Waals surface area contributed by atoms with Crippen LogP contribution in [0, 0.1) is 13.8 Å². The summed E-state index contributed by atoms with van der Waals surface area (Å²) in [6.07, 6.45) is 2.27. The molecule has 25 heavy (non-hydrogen) atoms. The van der Waals surface area contributed by atoms with E-state index in [2.05, 4.69) is 45.1 Å². The van der Waals surface area contributed by atoms with Crippen LogP contribution in [0.3, 0.4) is 0 Å².